The van der Waals surface area contributed by atoms with E-state index in [1.54, 1.807) is 26.0 Å². The van der Waals surface area contributed by atoms with Crippen LogP contribution >= 0.6 is 11.8 Å². The van der Waals surface area contributed by atoms with Crippen LogP contribution in [0.4, 0.5) is 0 Å². The van der Waals surface area contributed by atoms with Gasteiger partial charge in [0.25, 0.3) is 0 Å². The minimum absolute atomic E-state index is 0.258. The number of carbonyl (C=O) groups is 1. The van der Waals surface area contributed by atoms with Crippen LogP contribution < -0.4 is 9.47 Å². The number of aromatic nitrogens is 1. The predicted octanol–water partition coefficient (Wildman–Crippen LogP) is 4.12. The Labute approximate surface area is 150 Å². The summed E-state index contributed by atoms with van der Waals surface area (Å²) in [6.45, 7) is 0.657. The number of benzene rings is 1. The van der Waals surface area contributed by atoms with Gasteiger partial charge in [0.05, 0.1) is 19.9 Å². The van der Waals surface area contributed by atoms with Crippen LogP contribution in [0.1, 0.15) is 33.3 Å². The van der Waals surface area contributed by atoms with Gasteiger partial charge in [0.2, 0.25) is 0 Å². The molecule has 0 amide bonds. The zero-order valence-electron chi connectivity index (χ0n) is 14.1. The van der Waals surface area contributed by atoms with E-state index in [0.29, 0.717) is 23.7 Å². The van der Waals surface area contributed by atoms with Gasteiger partial charge >= 0.3 is 5.97 Å². The third kappa shape index (κ3) is 2.52. The SMILES string of the molecule is COc1cc2c(cc1OC)-c1c(C3CC=CS3)cc(C(=O)O)n1CC2. The number of carboxylic acids is 1. The fourth-order valence-electron chi connectivity index (χ4n) is 3.69. The average molecular weight is 357 g/mol. The van der Waals surface area contributed by atoms with Gasteiger partial charge in [-0.3, -0.25) is 0 Å². The van der Waals surface area contributed by atoms with E-state index in [9.17, 15) is 9.90 Å². The fraction of sp³-hybridized carbons (Fsp3) is 0.316. The first-order valence-electron chi connectivity index (χ1n) is 8.16. The van der Waals surface area contributed by atoms with Crippen molar-refractivity contribution in [1.82, 2.24) is 4.57 Å². The minimum atomic E-state index is -0.882. The van der Waals surface area contributed by atoms with Crippen molar-refractivity contribution in [3.63, 3.8) is 0 Å². The molecule has 25 heavy (non-hydrogen) atoms. The van der Waals surface area contributed by atoms with E-state index in [4.69, 9.17) is 9.47 Å². The van der Waals surface area contributed by atoms with Crippen LogP contribution in [0.2, 0.25) is 0 Å². The lowest BCUT2D eigenvalue weighted by molar-refractivity contribution is 0.0685. The van der Waals surface area contributed by atoms with Gasteiger partial charge in [0, 0.05) is 17.4 Å². The van der Waals surface area contributed by atoms with Crippen molar-refractivity contribution in [3.05, 3.63) is 46.5 Å². The van der Waals surface area contributed by atoms with Gasteiger partial charge in [-0.1, -0.05) is 6.08 Å². The summed E-state index contributed by atoms with van der Waals surface area (Å²) in [5.74, 6) is 0.487. The lowest BCUT2D eigenvalue weighted by Gasteiger charge is -2.24. The normalized spacial score (nSPS) is 17.9. The summed E-state index contributed by atoms with van der Waals surface area (Å²) < 4.78 is 12.8. The van der Waals surface area contributed by atoms with E-state index in [0.717, 1.165) is 35.2 Å². The smallest absolute Gasteiger partial charge is 0.352 e. The Kier molecular flexibility index (Phi) is 4.00. The molecule has 2 aromatic rings. The molecular formula is C19H19NO4S. The minimum Gasteiger partial charge on any atom is -0.493 e. The molecule has 1 unspecified atom stereocenters. The first-order chi connectivity index (χ1) is 12.1. The molecule has 1 aromatic heterocycles. The Morgan fingerprint density at radius 3 is 2.64 bits per heavy atom. The van der Waals surface area contributed by atoms with Crippen LogP contribution in [-0.2, 0) is 13.0 Å². The third-order valence-corrected chi connectivity index (χ3v) is 5.98. The van der Waals surface area contributed by atoms with Crippen molar-refractivity contribution in [3.8, 4) is 22.8 Å². The Hall–Kier alpha value is -2.34. The van der Waals surface area contributed by atoms with Crippen LogP contribution in [0.3, 0.4) is 0 Å². The first-order valence-corrected chi connectivity index (χ1v) is 9.10. The van der Waals surface area contributed by atoms with E-state index in [1.165, 1.54) is 0 Å². The summed E-state index contributed by atoms with van der Waals surface area (Å²) in [6, 6.07) is 5.82. The van der Waals surface area contributed by atoms with Gasteiger partial charge in [-0.25, -0.2) is 4.79 Å². The maximum Gasteiger partial charge on any atom is 0.352 e. The van der Waals surface area contributed by atoms with Crippen molar-refractivity contribution in [2.75, 3.05) is 14.2 Å². The van der Waals surface area contributed by atoms with Crippen LogP contribution in [0, 0.1) is 0 Å². The number of allylic oxidation sites excluding steroid dienone is 1. The highest BCUT2D eigenvalue weighted by Gasteiger charge is 2.30. The lowest BCUT2D eigenvalue weighted by Crippen LogP contribution is -2.16. The third-order valence-electron chi connectivity index (χ3n) is 4.85. The van der Waals surface area contributed by atoms with Gasteiger partial charge < -0.3 is 19.1 Å². The summed E-state index contributed by atoms with van der Waals surface area (Å²) in [5, 5.41) is 12.0. The molecule has 1 atom stereocenters. The second-order valence-electron chi connectivity index (χ2n) is 6.14. The molecule has 0 radical (unpaired) electrons. The van der Waals surface area contributed by atoms with Crippen LogP contribution in [0.15, 0.2) is 29.7 Å². The van der Waals surface area contributed by atoms with Gasteiger partial charge in [-0.05, 0) is 47.6 Å². The largest absolute Gasteiger partial charge is 0.493 e. The van der Waals surface area contributed by atoms with Gasteiger partial charge in [0.1, 0.15) is 5.69 Å². The number of fused-ring (bicyclic) bond motifs is 3. The molecule has 0 bridgehead atoms. The molecule has 6 heteroatoms. The van der Waals surface area contributed by atoms with Gasteiger partial charge in [0.15, 0.2) is 11.5 Å². The van der Waals surface area contributed by atoms with Crippen molar-refractivity contribution in [2.45, 2.75) is 24.6 Å². The number of thioether (sulfide) groups is 1. The lowest BCUT2D eigenvalue weighted by atomic mass is 9.94. The van der Waals surface area contributed by atoms with E-state index < -0.39 is 5.97 Å². The highest BCUT2D eigenvalue weighted by atomic mass is 32.2. The highest BCUT2D eigenvalue weighted by Crippen LogP contribution is 2.47. The Balaban J connectivity index is 1.94. The van der Waals surface area contributed by atoms with E-state index >= 15 is 0 Å². The Morgan fingerprint density at radius 2 is 2.00 bits per heavy atom. The molecule has 1 N–H and O–H groups in total. The van der Waals surface area contributed by atoms with E-state index in [-0.39, 0.29) is 5.25 Å². The summed E-state index contributed by atoms with van der Waals surface area (Å²) in [6.07, 6.45) is 3.83. The van der Waals surface area contributed by atoms with Crippen molar-refractivity contribution in [2.24, 2.45) is 0 Å². The fourth-order valence-corrected chi connectivity index (χ4v) is 4.65. The zero-order chi connectivity index (χ0) is 17.6. The summed E-state index contributed by atoms with van der Waals surface area (Å²) in [4.78, 5) is 11.7. The van der Waals surface area contributed by atoms with Crippen LogP contribution in [0.5, 0.6) is 11.5 Å². The molecule has 0 fully saturated rings. The zero-order valence-corrected chi connectivity index (χ0v) is 14.9. The molecule has 0 spiro atoms. The number of methoxy groups -OCH3 is 2. The predicted molar refractivity (Wildman–Crippen MR) is 97.7 cm³/mol. The molecule has 0 aliphatic carbocycles. The van der Waals surface area contributed by atoms with Gasteiger partial charge in [-0.2, -0.15) is 0 Å². The number of aryl methyl sites for hydroxylation is 1. The first kappa shape index (κ1) is 16.1. The molecule has 130 valence electrons. The number of nitrogens with zero attached hydrogens (tertiary/aromatic N) is 1. The summed E-state index contributed by atoms with van der Waals surface area (Å²) in [7, 11) is 3.25. The van der Waals surface area contributed by atoms with Crippen molar-refractivity contribution >= 4 is 17.7 Å². The standard InChI is InChI=1S/C19H19NO4S/c1-23-15-8-11-5-6-20-14(19(21)22)9-13(17-4-3-7-25-17)18(20)12(11)10-16(15)24-2/h3,7-10,17H,4-6H2,1-2H3,(H,21,22). The maximum absolute atomic E-state index is 11.7. The molecule has 3 heterocycles. The van der Waals surface area contributed by atoms with E-state index in [2.05, 4.69) is 11.5 Å². The quantitative estimate of drug-likeness (QED) is 0.892. The second-order valence-corrected chi connectivity index (χ2v) is 7.25. The molecule has 0 saturated carbocycles. The topological polar surface area (TPSA) is 60.7 Å². The average Bonchev–Trinajstić information content (AvgIpc) is 3.27. The Morgan fingerprint density at radius 1 is 1.24 bits per heavy atom. The number of aromatic carboxylic acids is 1. The number of carboxylic acid groups (broad SMARTS) is 1. The Bertz CT molecular complexity index is 876. The molecule has 0 saturated heterocycles. The number of hydrogen-bond donors (Lipinski definition) is 1. The maximum atomic E-state index is 11.7. The molecule has 1 aromatic carbocycles. The highest BCUT2D eigenvalue weighted by molar-refractivity contribution is 8.02. The molecule has 2 aliphatic rings. The van der Waals surface area contributed by atoms with Crippen LogP contribution in [0.25, 0.3) is 11.3 Å². The van der Waals surface area contributed by atoms with Crippen LogP contribution in [-0.4, -0.2) is 29.9 Å². The summed E-state index contributed by atoms with van der Waals surface area (Å²) >= 11 is 1.74. The monoisotopic (exact) mass is 357 g/mol. The number of hydrogen-bond acceptors (Lipinski definition) is 4. The summed E-state index contributed by atoms with van der Waals surface area (Å²) in [5.41, 5.74) is 4.65. The molecular weight excluding hydrogens is 338 g/mol. The number of rotatable bonds is 4. The molecule has 2 aliphatic heterocycles. The van der Waals surface area contributed by atoms with Gasteiger partial charge in [-0.15, -0.1) is 11.8 Å². The molecule has 4 rings (SSSR count). The number of ether oxygens (including phenoxy) is 2. The van der Waals surface area contributed by atoms with E-state index in [1.807, 2.05) is 22.8 Å². The second kappa shape index (κ2) is 6.19. The van der Waals surface area contributed by atoms with Crippen molar-refractivity contribution < 1.29 is 19.4 Å². The molecule has 5 nitrogen and oxygen atoms in total. The van der Waals surface area contributed by atoms with Crippen molar-refractivity contribution in [1.29, 1.82) is 0 Å².